The molecule has 0 amide bonds. The van der Waals surface area contributed by atoms with Crippen molar-refractivity contribution >= 4 is 39.2 Å². The molecule has 0 saturated carbocycles. The van der Waals surface area contributed by atoms with Crippen molar-refractivity contribution in [2.24, 2.45) is 4.99 Å². The number of hydrogen-bond acceptors (Lipinski definition) is 7. The zero-order valence-electron chi connectivity index (χ0n) is 19.9. The number of fused-ring (bicyclic) bond motifs is 1. The minimum absolute atomic E-state index is 0.670. The van der Waals surface area contributed by atoms with Gasteiger partial charge in [0.05, 0.1) is 25.3 Å². The fraction of sp³-hybridized carbons (Fsp3) is 0.143. The van der Waals surface area contributed by atoms with Crippen LogP contribution in [-0.2, 0) is 0 Å². The molecule has 0 unspecified atom stereocenters. The maximum Gasteiger partial charge on any atom is 0.210 e. The van der Waals surface area contributed by atoms with E-state index in [-0.39, 0.29) is 0 Å². The van der Waals surface area contributed by atoms with E-state index in [1.807, 2.05) is 48.5 Å². The molecule has 3 aromatic carbocycles. The molecule has 2 aromatic heterocycles. The molecular formula is C28H24N2O3S2. The molecule has 0 spiro atoms. The number of aromatic nitrogens is 1. The van der Waals surface area contributed by atoms with E-state index in [4.69, 9.17) is 23.9 Å². The first-order valence-electron chi connectivity index (χ1n) is 11.0. The average molecular weight is 501 g/mol. The van der Waals surface area contributed by atoms with Gasteiger partial charge >= 0.3 is 0 Å². The third-order valence-electron chi connectivity index (χ3n) is 5.68. The Balaban J connectivity index is 1.62. The number of ether oxygens (including phenoxy) is 2. The van der Waals surface area contributed by atoms with E-state index >= 15 is 0 Å². The molecular weight excluding hydrogens is 476 g/mol. The van der Waals surface area contributed by atoms with Crippen LogP contribution < -0.4 is 14.8 Å². The number of methoxy groups -OCH3 is 2. The van der Waals surface area contributed by atoms with Crippen LogP contribution in [0.15, 0.2) is 87.1 Å². The van der Waals surface area contributed by atoms with Crippen molar-refractivity contribution in [2.45, 2.75) is 11.8 Å². The van der Waals surface area contributed by atoms with Gasteiger partial charge in [-0.3, -0.25) is 0 Å². The fourth-order valence-electron chi connectivity index (χ4n) is 3.89. The van der Waals surface area contributed by atoms with Crippen LogP contribution in [0.4, 0.5) is 5.13 Å². The van der Waals surface area contributed by atoms with Crippen LogP contribution in [0.2, 0.25) is 0 Å². The average Bonchev–Trinajstić information content (AvgIpc) is 3.27. The highest BCUT2D eigenvalue weighted by Crippen LogP contribution is 2.36. The highest BCUT2D eigenvalue weighted by atomic mass is 32.2. The quantitative estimate of drug-likeness (QED) is 0.226. The molecule has 5 nitrogen and oxygen atoms in total. The topological polar surface area (TPSA) is 56.9 Å². The molecule has 7 heteroatoms. The van der Waals surface area contributed by atoms with Crippen LogP contribution in [0.3, 0.4) is 0 Å². The molecule has 35 heavy (non-hydrogen) atoms. The summed E-state index contributed by atoms with van der Waals surface area (Å²) in [6.45, 7) is 2.06. The van der Waals surface area contributed by atoms with E-state index in [1.165, 1.54) is 4.90 Å². The molecule has 0 aliphatic carbocycles. The summed E-state index contributed by atoms with van der Waals surface area (Å²) in [5, 5.41) is 2.45. The summed E-state index contributed by atoms with van der Waals surface area (Å²) in [5.41, 5.74) is 3.63. The van der Waals surface area contributed by atoms with Gasteiger partial charge in [0.25, 0.3) is 0 Å². The van der Waals surface area contributed by atoms with Crippen molar-refractivity contribution in [3.8, 4) is 34.1 Å². The largest absolute Gasteiger partial charge is 0.493 e. The van der Waals surface area contributed by atoms with Gasteiger partial charge in [0, 0.05) is 32.4 Å². The predicted molar refractivity (Wildman–Crippen MR) is 144 cm³/mol. The summed E-state index contributed by atoms with van der Waals surface area (Å²) in [7, 11) is 3.26. The fourth-order valence-corrected chi connectivity index (χ4v) is 5.12. The molecule has 0 aliphatic rings. The lowest BCUT2D eigenvalue weighted by atomic mass is 10.1. The Bertz CT molecular complexity index is 1570. The van der Waals surface area contributed by atoms with E-state index < -0.39 is 0 Å². The monoisotopic (exact) mass is 500 g/mol. The predicted octanol–water partition coefficient (Wildman–Crippen LogP) is 7.50. The summed E-state index contributed by atoms with van der Waals surface area (Å²) in [4.78, 5) is 12.1. The lowest BCUT2D eigenvalue weighted by Crippen LogP contribution is -2.03. The van der Waals surface area contributed by atoms with Crippen molar-refractivity contribution < 1.29 is 13.9 Å². The smallest absolute Gasteiger partial charge is 0.210 e. The number of aryl methyl sites for hydroxylation is 1. The van der Waals surface area contributed by atoms with Crippen molar-refractivity contribution in [1.82, 2.24) is 4.98 Å². The van der Waals surface area contributed by atoms with E-state index in [0.717, 1.165) is 43.8 Å². The number of rotatable bonds is 6. The summed E-state index contributed by atoms with van der Waals surface area (Å²) in [6.07, 6.45) is 2.07. The molecule has 0 radical (unpaired) electrons. The Morgan fingerprint density at radius 1 is 0.886 bits per heavy atom. The molecule has 5 rings (SSSR count). The van der Waals surface area contributed by atoms with Crippen LogP contribution in [0.1, 0.15) is 4.88 Å². The van der Waals surface area contributed by atoms with Gasteiger partial charge in [-0.15, -0.1) is 11.8 Å². The standard InChI is InChI=1S/C28H24N2O3S2/c1-17-27(19-11-14-24(31-2)26(15-19)32-3)30-28(35-17)29-22-16-25(18-9-12-20(34-4)13-10-18)33-23-8-6-5-7-21(22)23/h5-16H,1-4H3. The normalized spacial score (nSPS) is 11.7. The van der Waals surface area contributed by atoms with Crippen molar-refractivity contribution in [3.05, 3.63) is 83.0 Å². The van der Waals surface area contributed by atoms with Gasteiger partial charge in [-0.05, 0) is 55.6 Å². The van der Waals surface area contributed by atoms with Gasteiger partial charge in [0.15, 0.2) is 11.5 Å². The highest BCUT2D eigenvalue weighted by Gasteiger charge is 2.13. The van der Waals surface area contributed by atoms with Crippen LogP contribution in [0.5, 0.6) is 11.5 Å². The van der Waals surface area contributed by atoms with E-state index in [9.17, 15) is 0 Å². The number of hydrogen-bond donors (Lipinski definition) is 0. The van der Waals surface area contributed by atoms with Crippen LogP contribution in [0, 0.1) is 6.92 Å². The minimum atomic E-state index is 0.670. The maximum absolute atomic E-state index is 6.24. The Morgan fingerprint density at radius 3 is 2.37 bits per heavy atom. The Morgan fingerprint density at radius 2 is 1.63 bits per heavy atom. The Hall–Kier alpha value is -3.55. The van der Waals surface area contributed by atoms with Gasteiger partial charge in [0.1, 0.15) is 11.3 Å². The summed E-state index contributed by atoms with van der Waals surface area (Å²) < 4.78 is 17.1. The number of para-hydroxylation sites is 1. The zero-order valence-corrected chi connectivity index (χ0v) is 21.5. The first kappa shape index (κ1) is 23.2. The number of benzene rings is 3. The van der Waals surface area contributed by atoms with Gasteiger partial charge < -0.3 is 13.9 Å². The van der Waals surface area contributed by atoms with Gasteiger partial charge in [-0.2, -0.15) is 0 Å². The Labute approximate surface area is 212 Å². The number of thioether (sulfide) groups is 1. The van der Waals surface area contributed by atoms with E-state index in [2.05, 4.69) is 37.4 Å². The zero-order chi connectivity index (χ0) is 24.4. The van der Waals surface area contributed by atoms with Crippen LogP contribution in [-0.4, -0.2) is 25.5 Å². The van der Waals surface area contributed by atoms with Gasteiger partial charge in [0.2, 0.25) is 5.13 Å². The second-order valence-corrected chi connectivity index (χ2v) is 9.86. The first-order chi connectivity index (χ1) is 17.1. The molecule has 0 aliphatic heterocycles. The molecule has 0 atom stereocenters. The highest BCUT2D eigenvalue weighted by molar-refractivity contribution is 7.98. The minimum Gasteiger partial charge on any atom is -0.493 e. The van der Waals surface area contributed by atoms with Crippen LogP contribution in [0.25, 0.3) is 33.6 Å². The van der Waals surface area contributed by atoms with Gasteiger partial charge in [-0.1, -0.05) is 35.6 Å². The summed E-state index contributed by atoms with van der Waals surface area (Å²) >= 11 is 3.27. The SMILES string of the molecule is COc1ccc(-c2nc(N=c3cc(-c4ccc(SC)cc4)oc4ccccc34)sc2C)cc1OC. The van der Waals surface area contributed by atoms with Crippen molar-refractivity contribution in [1.29, 1.82) is 0 Å². The number of nitrogens with zero attached hydrogens (tertiary/aromatic N) is 2. The third kappa shape index (κ3) is 4.70. The summed E-state index contributed by atoms with van der Waals surface area (Å²) in [5.74, 6) is 2.12. The van der Waals surface area contributed by atoms with Crippen molar-refractivity contribution in [3.63, 3.8) is 0 Å². The number of thiazole rings is 1. The van der Waals surface area contributed by atoms with Crippen molar-refractivity contribution in [2.75, 3.05) is 20.5 Å². The summed E-state index contributed by atoms with van der Waals surface area (Å²) in [6, 6.07) is 24.1. The molecule has 0 fully saturated rings. The first-order valence-corrected chi connectivity index (χ1v) is 13.1. The molecule has 0 N–H and O–H groups in total. The maximum atomic E-state index is 6.24. The molecule has 5 aromatic rings. The third-order valence-corrected chi connectivity index (χ3v) is 7.29. The van der Waals surface area contributed by atoms with Gasteiger partial charge in [-0.25, -0.2) is 9.98 Å². The van der Waals surface area contributed by atoms with E-state index in [1.54, 1.807) is 37.3 Å². The lowest BCUT2D eigenvalue weighted by Gasteiger charge is -2.08. The molecule has 0 saturated heterocycles. The second-order valence-electron chi connectivity index (χ2n) is 7.80. The lowest BCUT2D eigenvalue weighted by molar-refractivity contribution is 0.355. The second kappa shape index (κ2) is 9.98. The molecule has 176 valence electrons. The van der Waals surface area contributed by atoms with Crippen LogP contribution >= 0.6 is 23.1 Å². The van der Waals surface area contributed by atoms with E-state index in [0.29, 0.717) is 16.6 Å². The molecule has 2 heterocycles. The Kier molecular flexibility index (Phi) is 6.61. The molecule has 0 bridgehead atoms.